The second-order valence-electron chi connectivity index (χ2n) is 4.82. The van der Waals surface area contributed by atoms with Gasteiger partial charge in [0, 0.05) is 6.42 Å². The van der Waals surface area contributed by atoms with Crippen LogP contribution in [0.15, 0.2) is 0 Å². The number of carbonyl (C=O) groups is 1. The Labute approximate surface area is 95.0 Å². The number of aliphatic carboxylic acids is 1. The van der Waals surface area contributed by atoms with Crippen LogP contribution in [0.3, 0.4) is 0 Å². The first kappa shape index (κ1) is 13.4. The smallest absolute Gasteiger partial charge is 0.309 e. The minimum atomic E-state index is -3.03. The fraction of sp³-hybridized carbons (Fsp3) is 0.917. The van der Waals surface area contributed by atoms with E-state index in [1.807, 2.05) is 0 Å². The molecule has 0 amide bonds. The van der Waals surface area contributed by atoms with Crippen molar-refractivity contribution in [2.24, 2.45) is 5.92 Å². The summed E-state index contributed by atoms with van der Waals surface area (Å²) in [4.78, 5) is 10.2. The van der Waals surface area contributed by atoms with Crippen molar-refractivity contribution < 1.29 is 18.7 Å². The van der Waals surface area contributed by atoms with Crippen LogP contribution in [0, 0.1) is 5.92 Å². The Balaban J connectivity index is 2.15. The average molecular weight is 234 g/mol. The number of rotatable bonds is 6. The lowest BCUT2D eigenvalue weighted by atomic mass is 9.85. The molecule has 1 rings (SSSR count). The Morgan fingerprint density at radius 3 is 2.44 bits per heavy atom. The molecule has 0 heterocycles. The molecule has 0 aliphatic heterocycles. The number of carboxylic acids is 1. The molecule has 1 aliphatic rings. The van der Waals surface area contributed by atoms with Crippen LogP contribution in [0.1, 0.15) is 57.8 Å². The van der Waals surface area contributed by atoms with Crippen LogP contribution >= 0.6 is 0 Å². The topological polar surface area (TPSA) is 37.3 Å². The summed E-state index contributed by atoms with van der Waals surface area (Å²) < 4.78 is 26.1. The summed E-state index contributed by atoms with van der Waals surface area (Å²) in [6.07, 6.45) is 5.99. The second-order valence-corrected chi connectivity index (χ2v) is 4.82. The molecule has 0 aromatic heterocycles. The quantitative estimate of drug-likeness (QED) is 0.758. The molecular weight excluding hydrogens is 214 g/mol. The van der Waals surface area contributed by atoms with E-state index in [-0.39, 0.29) is 6.42 Å². The van der Waals surface area contributed by atoms with E-state index in [2.05, 4.69) is 0 Å². The predicted octanol–water partition coefficient (Wildman–Crippen LogP) is 3.85. The molecule has 0 aromatic rings. The molecule has 0 atom stereocenters. The molecule has 1 fully saturated rings. The second kappa shape index (κ2) is 6.16. The van der Waals surface area contributed by atoms with E-state index < -0.39 is 18.3 Å². The summed E-state index contributed by atoms with van der Waals surface area (Å²) in [5.74, 6) is -3.85. The van der Waals surface area contributed by atoms with E-state index in [0.717, 1.165) is 19.3 Å². The van der Waals surface area contributed by atoms with Gasteiger partial charge < -0.3 is 5.11 Å². The highest BCUT2D eigenvalue weighted by atomic mass is 19.3. The van der Waals surface area contributed by atoms with Gasteiger partial charge in [-0.05, 0) is 12.3 Å². The van der Waals surface area contributed by atoms with Crippen LogP contribution in [-0.2, 0) is 4.79 Å². The molecule has 0 radical (unpaired) electrons. The van der Waals surface area contributed by atoms with Gasteiger partial charge in [0.25, 0.3) is 5.92 Å². The maximum atomic E-state index is 13.0. The Morgan fingerprint density at radius 1 is 1.25 bits per heavy atom. The maximum Gasteiger partial charge on any atom is 0.309 e. The van der Waals surface area contributed by atoms with Crippen molar-refractivity contribution in [2.45, 2.75) is 63.7 Å². The standard InChI is InChI=1S/C12H20F2O2/c13-12(14,9-11(15)16)8-4-7-10-5-2-1-3-6-10/h10H,1-9H2,(H,15,16). The lowest BCUT2D eigenvalue weighted by molar-refractivity contribution is -0.145. The zero-order valence-electron chi connectivity index (χ0n) is 9.55. The van der Waals surface area contributed by atoms with Crippen molar-refractivity contribution in [3.05, 3.63) is 0 Å². The number of hydrogen-bond acceptors (Lipinski definition) is 1. The first-order valence-corrected chi connectivity index (χ1v) is 6.09. The van der Waals surface area contributed by atoms with Gasteiger partial charge in [-0.1, -0.05) is 38.5 Å². The lowest BCUT2D eigenvalue weighted by Crippen LogP contribution is -2.21. The van der Waals surface area contributed by atoms with Crippen LogP contribution in [0.25, 0.3) is 0 Å². The largest absolute Gasteiger partial charge is 0.481 e. The normalized spacial score (nSPS) is 18.6. The highest BCUT2D eigenvalue weighted by molar-refractivity contribution is 5.67. The molecule has 1 aliphatic carbocycles. The third kappa shape index (κ3) is 5.42. The first-order valence-electron chi connectivity index (χ1n) is 6.09. The molecule has 2 nitrogen and oxygen atoms in total. The van der Waals surface area contributed by atoms with Crippen LogP contribution in [-0.4, -0.2) is 17.0 Å². The zero-order valence-corrected chi connectivity index (χ0v) is 9.55. The number of alkyl halides is 2. The van der Waals surface area contributed by atoms with Gasteiger partial charge in [0.2, 0.25) is 0 Å². The van der Waals surface area contributed by atoms with Gasteiger partial charge in [-0.3, -0.25) is 4.79 Å². The Bertz CT molecular complexity index is 223. The van der Waals surface area contributed by atoms with E-state index in [1.165, 1.54) is 19.3 Å². The summed E-state index contributed by atoms with van der Waals surface area (Å²) in [6, 6.07) is 0. The molecule has 0 bridgehead atoms. The van der Waals surface area contributed by atoms with Gasteiger partial charge in [-0.15, -0.1) is 0 Å². The summed E-state index contributed by atoms with van der Waals surface area (Å²) in [5, 5.41) is 8.32. The fourth-order valence-electron chi connectivity index (χ4n) is 2.43. The third-order valence-electron chi connectivity index (χ3n) is 3.29. The van der Waals surface area contributed by atoms with Gasteiger partial charge in [0.1, 0.15) is 6.42 Å². The Morgan fingerprint density at radius 2 is 1.88 bits per heavy atom. The summed E-state index contributed by atoms with van der Waals surface area (Å²) in [6.45, 7) is 0. The molecule has 0 aromatic carbocycles. The fourth-order valence-corrected chi connectivity index (χ4v) is 2.43. The molecule has 0 spiro atoms. The van der Waals surface area contributed by atoms with E-state index in [4.69, 9.17) is 5.11 Å². The highest BCUT2D eigenvalue weighted by Crippen LogP contribution is 2.31. The summed E-state index contributed by atoms with van der Waals surface area (Å²) in [5.41, 5.74) is 0. The molecule has 1 saturated carbocycles. The van der Waals surface area contributed by atoms with Gasteiger partial charge >= 0.3 is 5.97 Å². The number of hydrogen-bond donors (Lipinski definition) is 1. The maximum absolute atomic E-state index is 13.0. The number of carboxylic acid groups (broad SMARTS) is 1. The van der Waals surface area contributed by atoms with E-state index in [0.29, 0.717) is 12.3 Å². The van der Waals surface area contributed by atoms with Gasteiger partial charge in [0.05, 0.1) is 0 Å². The van der Waals surface area contributed by atoms with E-state index in [1.54, 1.807) is 0 Å². The van der Waals surface area contributed by atoms with Gasteiger partial charge in [0.15, 0.2) is 0 Å². The Kier molecular flexibility index (Phi) is 5.16. The summed E-state index contributed by atoms with van der Waals surface area (Å²) >= 11 is 0. The molecule has 94 valence electrons. The van der Waals surface area contributed by atoms with Gasteiger partial charge in [-0.25, -0.2) is 8.78 Å². The minimum Gasteiger partial charge on any atom is -0.481 e. The van der Waals surface area contributed by atoms with Crippen molar-refractivity contribution in [1.29, 1.82) is 0 Å². The van der Waals surface area contributed by atoms with Crippen molar-refractivity contribution in [1.82, 2.24) is 0 Å². The predicted molar refractivity (Wildman–Crippen MR) is 57.6 cm³/mol. The van der Waals surface area contributed by atoms with Crippen molar-refractivity contribution in [3.8, 4) is 0 Å². The molecule has 16 heavy (non-hydrogen) atoms. The van der Waals surface area contributed by atoms with E-state index in [9.17, 15) is 13.6 Å². The van der Waals surface area contributed by atoms with E-state index >= 15 is 0 Å². The zero-order chi connectivity index (χ0) is 12.0. The molecule has 4 heteroatoms. The van der Waals surface area contributed by atoms with Crippen LogP contribution < -0.4 is 0 Å². The van der Waals surface area contributed by atoms with Crippen molar-refractivity contribution in [3.63, 3.8) is 0 Å². The Hall–Kier alpha value is -0.670. The third-order valence-corrected chi connectivity index (χ3v) is 3.29. The lowest BCUT2D eigenvalue weighted by Gasteiger charge is -2.22. The van der Waals surface area contributed by atoms with Crippen molar-refractivity contribution in [2.75, 3.05) is 0 Å². The van der Waals surface area contributed by atoms with Crippen LogP contribution in [0.5, 0.6) is 0 Å². The minimum absolute atomic E-state index is 0.282. The monoisotopic (exact) mass is 234 g/mol. The SMILES string of the molecule is O=C(O)CC(F)(F)CCCC1CCCCC1. The average Bonchev–Trinajstić information content (AvgIpc) is 2.16. The summed E-state index contributed by atoms with van der Waals surface area (Å²) in [7, 11) is 0. The highest BCUT2D eigenvalue weighted by Gasteiger charge is 2.31. The molecule has 0 unspecified atom stereocenters. The first-order chi connectivity index (χ1) is 7.49. The van der Waals surface area contributed by atoms with Crippen molar-refractivity contribution >= 4 is 5.97 Å². The molecular formula is C12H20F2O2. The number of halogens is 2. The molecule has 1 N–H and O–H groups in total. The van der Waals surface area contributed by atoms with Crippen LogP contribution in [0.4, 0.5) is 8.78 Å². The van der Waals surface area contributed by atoms with Crippen LogP contribution in [0.2, 0.25) is 0 Å². The van der Waals surface area contributed by atoms with Gasteiger partial charge in [-0.2, -0.15) is 0 Å². The molecule has 0 saturated heterocycles.